The number of hydrogen-bond acceptors (Lipinski definition) is 2. The van der Waals surface area contributed by atoms with E-state index in [4.69, 9.17) is 0 Å². The molecule has 0 saturated carbocycles. The van der Waals surface area contributed by atoms with Crippen LogP contribution in [0.2, 0.25) is 0 Å². The summed E-state index contributed by atoms with van der Waals surface area (Å²) in [5, 5.41) is 7.44. The molecule has 2 heterocycles. The lowest BCUT2D eigenvalue weighted by atomic mass is 9.99. The molecular weight excluding hydrogens is 304 g/mol. The molecule has 0 aliphatic carbocycles. The Labute approximate surface area is 136 Å². The Hall–Kier alpha value is -2.16. The van der Waals surface area contributed by atoms with Crippen molar-refractivity contribution in [1.82, 2.24) is 0 Å². The number of fused-ring (bicyclic) bond motifs is 3. The van der Waals surface area contributed by atoms with E-state index in [1.54, 1.807) is 0 Å². The summed E-state index contributed by atoms with van der Waals surface area (Å²) in [6.45, 7) is 0. The Balaban J connectivity index is 1.86. The molecule has 2 heteroatoms. The third-order valence-corrected chi connectivity index (χ3v) is 6.28. The van der Waals surface area contributed by atoms with E-state index in [2.05, 4.69) is 72.1 Å². The van der Waals surface area contributed by atoms with Gasteiger partial charge in [-0.2, -0.15) is 0 Å². The van der Waals surface area contributed by atoms with Crippen LogP contribution in [0.15, 0.2) is 72.1 Å². The van der Waals surface area contributed by atoms with Crippen LogP contribution < -0.4 is 0 Å². The van der Waals surface area contributed by atoms with Gasteiger partial charge in [0.1, 0.15) is 0 Å². The monoisotopic (exact) mass is 316 g/mol. The van der Waals surface area contributed by atoms with E-state index in [1.165, 1.54) is 41.4 Å². The fraction of sp³-hybridized carbons (Fsp3) is 0. The minimum Gasteiger partial charge on any atom is -0.143 e. The summed E-state index contributed by atoms with van der Waals surface area (Å²) >= 11 is 3.71. The predicted octanol–water partition coefficient (Wildman–Crippen LogP) is 6.94. The fourth-order valence-electron chi connectivity index (χ4n) is 3.08. The van der Waals surface area contributed by atoms with Gasteiger partial charge in [-0.1, -0.05) is 42.5 Å². The molecule has 0 N–H and O–H groups in total. The van der Waals surface area contributed by atoms with Gasteiger partial charge < -0.3 is 0 Å². The van der Waals surface area contributed by atoms with Crippen molar-refractivity contribution in [2.75, 3.05) is 0 Å². The van der Waals surface area contributed by atoms with E-state index in [0.717, 1.165) is 0 Å². The highest BCUT2D eigenvalue weighted by Crippen LogP contribution is 2.39. The lowest BCUT2D eigenvalue weighted by Crippen LogP contribution is -1.80. The number of rotatable bonds is 1. The average Bonchev–Trinajstić information content (AvgIpc) is 3.14. The molecule has 0 radical (unpaired) electrons. The van der Waals surface area contributed by atoms with Gasteiger partial charge in [-0.3, -0.25) is 0 Å². The topological polar surface area (TPSA) is 0 Å². The number of benzene rings is 3. The van der Waals surface area contributed by atoms with Gasteiger partial charge in [0.2, 0.25) is 0 Å². The molecule has 0 nitrogen and oxygen atoms in total. The summed E-state index contributed by atoms with van der Waals surface area (Å²) in [4.78, 5) is 1.36. The first-order chi connectivity index (χ1) is 10.9. The van der Waals surface area contributed by atoms with Crippen molar-refractivity contribution in [2.45, 2.75) is 0 Å². The van der Waals surface area contributed by atoms with Gasteiger partial charge >= 0.3 is 0 Å². The summed E-state index contributed by atoms with van der Waals surface area (Å²) in [5.74, 6) is 0. The Kier molecular flexibility index (Phi) is 2.63. The van der Waals surface area contributed by atoms with E-state index in [1.807, 2.05) is 22.7 Å². The Bertz CT molecular complexity index is 1100. The Morgan fingerprint density at radius 3 is 2.32 bits per heavy atom. The van der Waals surface area contributed by atoms with Crippen molar-refractivity contribution >= 4 is 53.6 Å². The van der Waals surface area contributed by atoms with Gasteiger partial charge in [-0.25, -0.2) is 0 Å². The van der Waals surface area contributed by atoms with Crippen LogP contribution in [0.25, 0.3) is 41.4 Å². The SMILES string of the molecule is c1ccc2cc3c(-c4cc5sccc5s4)cccc3cc2c1. The van der Waals surface area contributed by atoms with E-state index in [-0.39, 0.29) is 0 Å². The first-order valence-electron chi connectivity index (χ1n) is 7.27. The highest BCUT2D eigenvalue weighted by molar-refractivity contribution is 7.28. The molecule has 5 rings (SSSR count). The first kappa shape index (κ1) is 12.4. The van der Waals surface area contributed by atoms with Crippen LogP contribution in [-0.2, 0) is 0 Å². The molecule has 0 saturated heterocycles. The Morgan fingerprint density at radius 2 is 1.45 bits per heavy atom. The van der Waals surface area contributed by atoms with Crippen LogP contribution in [0, 0.1) is 0 Å². The first-order valence-corrected chi connectivity index (χ1v) is 8.97. The van der Waals surface area contributed by atoms with E-state index in [0.29, 0.717) is 0 Å². The molecule has 0 fully saturated rings. The highest BCUT2D eigenvalue weighted by atomic mass is 32.1. The van der Waals surface area contributed by atoms with E-state index in [9.17, 15) is 0 Å². The maximum Gasteiger partial charge on any atom is 0.0457 e. The molecule has 3 aromatic carbocycles. The van der Waals surface area contributed by atoms with Crippen molar-refractivity contribution in [1.29, 1.82) is 0 Å². The molecule has 0 spiro atoms. The summed E-state index contributed by atoms with van der Waals surface area (Å²) in [6.07, 6.45) is 0. The third-order valence-electron chi connectivity index (χ3n) is 4.15. The third kappa shape index (κ3) is 1.81. The highest BCUT2D eigenvalue weighted by Gasteiger charge is 2.09. The van der Waals surface area contributed by atoms with Gasteiger partial charge in [0.25, 0.3) is 0 Å². The van der Waals surface area contributed by atoms with E-state index >= 15 is 0 Å². The molecule has 0 aliphatic rings. The predicted molar refractivity (Wildman–Crippen MR) is 100 cm³/mol. The van der Waals surface area contributed by atoms with Crippen LogP contribution >= 0.6 is 22.7 Å². The zero-order chi connectivity index (χ0) is 14.5. The average molecular weight is 316 g/mol. The molecule has 0 amide bonds. The largest absolute Gasteiger partial charge is 0.143 e. The van der Waals surface area contributed by atoms with Crippen LogP contribution in [-0.4, -0.2) is 0 Å². The minimum absolute atomic E-state index is 1.30. The smallest absolute Gasteiger partial charge is 0.0457 e. The Morgan fingerprint density at radius 1 is 0.636 bits per heavy atom. The quantitative estimate of drug-likeness (QED) is 0.294. The molecular formula is C20H12S2. The van der Waals surface area contributed by atoms with Gasteiger partial charge in [-0.05, 0) is 56.8 Å². The zero-order valence-corrected chi connectivity index (χ0v) is 13.4. The molecule has 2 aromatic heterocycles. The molecule has 0 atom stereocenters. The van der Waals surface area contributed by atoms with Gasteiger partial charge in [0.05, 0.1) is 0 Å². The van der Waals surface area contributed by atoms with Crippen LogP contribution in [0.4, 0.5) is 0 Å². The second-order valence-corrected chi connectivity index (χ2v) is 7.52. The molecule has 0 bridgehead atoms. The van der Waals surface area contributed by atoms with E-state index < -0.39 is 0 Å². The molecule has 0 aliphatic heterocycles. The second kappa shape index (κ2) is 4.67. The van der Waals surface area contributed by atoms with Crippen molar-refractivity contribution in [2.24, 2.45) is 0 Å². The van der Waals surface area contributed by atoms with Gasteiger partial charge in [0.15, 0.2) is 0 Å². The molecule has 0 unspecified atom stereocenters. The van der Waals surface area contributed by atoms with Crippen molar-refractivity contribution in [3.8, 4) is 10.4 Å². The summed E-state index contributed by atoms with van der Waals surface area (Å²) in [7, 11) is 0. The molecule has 5 aromatic rings. The van der Waals surface area contributed by atoms with Crippen molar-refractivity contribution in [3.05, 3.63) is 72.1 Å². The minimum atomic E-state index is 1.30. The van der Waals surface area contributed by atoms with Crippen LogP contribution in [0.1, 0.15) is 0 Å². The van der Waals surface area contributed by atoms with Crippen LogP contribution in [0.5, 0.6) is 0 Å². The summed E-state index contributed by atoms with van der Waals surface area (Å²) < 4.78 is 2.77. The molecule has 104 valence electrons. The summed E-state index contributed by atoms with van der Waals surface area (Å²) in [5.41, 5.74) is 1.34. The number of thiophene rings is 2. The summed E-state index contributed by atoms with van der Waals surface area (Å²) in [6, 6.07) is 24.4. The zero-order valence-electron chi connectivity index (χ0n) is 11.7. The maximum atomic E-state index is 2.33. The lowest BCUT2D eigenvalue weighted by molar-refractivity contribution is 1.76. The fourth-order valence-corrected chi connectivity index (χ4v) is 5.23. The standard InChI is InChI=1S/C20H12S2/c1-2-5-14-11-17-15(10-13(14)4-1)6-3-7-16(17)19-12-20-18(22-19)8-9-21-20/h1-12H. The van der Waals surface area contributed by atoms with Gasteiger partial charge in [-0.15, -0.1) is 22.7 Å². The van der Waals surface area contributed by atoms with Gasteiger partial charge in [0, 0.05) is 14.3 Å². The lowest BCUT2D eigenvalue weighted by Gasteiger charge is -2.07. The van der Waals surface area contributed by atoms with Crippen molar-refractivity contribution in [3.63, 3.8) is 0 Å². The van der Waals surface area contributed by atoms with Crippen molar-refractivity contribution < 1.29 is 0 Å². The maximum absolute atomic E-state index is 2.33. The molecule has 22 heavy (non-hydrogen) atoms. The number of hydrogen-bond donors (Lipinski definition) is 0. The normalized spacial score (nSPS) is 11.6. The second-order valence-electron chi connectivity index (χ2n) is 5.49. The van der Waals surface area contributed by atoms with Crippen LogP contribution in [0.3, 0.4) is 0 Å².